The lowest BCUT2D eigenvalue weighted by Crippen LogP contribution is -2.67. The Morgan fingerprint density at radius 3 is 1.93 bits per heavy atom. The summed E-state index contributed by atoms with van der Waals surface area (Å²) in [5, 5.41) is 55.5. The number of β-amino-alcohol motifs (C(OH)–C–C–N with tert-alkyl or cyclic N) is 1. The van der Waals surface area contributed by atoms with Crippen molar-refractivity contribution in [3.8, 4) is 0 Å². The van der Waals surface area contributed by atoms with E-state index in [9.17, 15) is 20.4 Å². The smallest absolute Gasteiger partial charge is 0.136 e. The summed E-state index contributed by atoms with van der Waals surface area (Å²) in [5.74, 6) is 0. The van der Waals surface area contributed by atoms with Crippen LogP contribution in [0.1, 0.15) is 0 Å². The fourth-order valence-electron chi connectivity index (χ4n) is 1.82. The SMILES string of the molecule is OCCN1C(O)[C@H](O)[C@@H](O)[C@H](O)[C@H]1CO. The fraction of sp³-hybridized carbons (Fsp3) is 1.00. The number of nitrogens with zero attached hydrogens (tertiary/aromatic N) is 1. The van der Waals surface area contributed by atoms with E-state index in [1.165, 1.54) is 0 Å². The van der Waals surface area contributed by atoms with Gasteiger partial charge in [0.1, 0.15) is 24.5 Å². The summed E-state index contributed by atoms with van der Waals surface area (Å²) < 4.78 is 0. The summed E-state index contributed by atoms with van der Waals surface area (Å²) >= 11 is 0. The van der Waals surface area contributed by atoms with Crippen molar-refractivity contribution in [3.05, 3.63) is 0 Å². The van der Waals surface area contributed by atoms with Gasteiger partial charge in [-0.25, -0.2) is 0 Å². The standard InChI is InChI=1S/C8H17NO6/c10-2-1-9-4(3-11)5(12)6(13)7(14)8(9)15/h4-8,10-15H,1-3H2/t4-,5-,6+,7-,8?/m1/s1. The van der Waals surface area contributed by atoms with Gasteiger partial charge in [-0.1, -0.05) is 0 Å². The van der Waals surface area contributed by atoms with Crippen LogP contribution in [-0.2, 0) is 0 Å². The van der Waals surface area contributed by atoms with Gasteiger partial charge < -0.3 is 30.6 Å². The van der Waals surface area contributed by atoms with Gasteiger partial charge in [0, 0.05) is 6.54 Å². The average molecular weight is 223 g/mol. The number of aliphatic hydroxyl groups is 6. The molecule has 0 aromatic heterocycles. The minimum atomic E-state index is -1.52. The molecule has 0 amide bonds. The molecule has 1 aliphatic rings. The Labute approximate surface area is 86.8 Å². The molecule has 1 aliphatic heterocycles. The molecular formula is C8H17NO6. The molecular weight excluding hydrogens is 206 g/mol. The molecule has 0 aliphatic carbocycles. The zero-order chi connectivity index (χ0) is 11.6. The van der Waals surface area contributed by atoms with Crippen molar-refractivity contribution in [2.75, 3.05) is 19.8 Å². The van der Waals surface area contributed by atoms with Crippen LogP contribution in [0.25, 0.3) is 0 Å². The highest BCUT2D eigenvalue weighted by atomic mass is 16.4. The zero-order valence-electron chi connectivity index (χ0n) is 8.14. The Morgan fingerprint density at radius 1 is 0.867 bits per heavy atom. The lowest BCUT2D eigenvalue weighted by molar-refractivity contribution is -0.224. The van der Waals surface area contributed by atoms with Crippen molar-refractivity contribution in [2.24, 2.45) is 0 Å². The van der Waals surface area contributed by atoms with Crippen LogP contribution in [-0.4, -0.2) is 85.9 Å². The second-order valence-corrected chi connectivity index (χ2v) is 3.60. The van der Waals surface area contributed by atoms with E-state index in [0.29, 0.717) is 0 Å². The number of aliphatic hydroxyl groups excluding tert-OH is 6. The molecule has 0 aromatic rings. The minimum absolute atomic E-state index is 0.00671. The molecule has 15 heavy (non-hydrogen) atoms. The summed E-state index contributed by atoms with van der Waals surface area (Å²) in [4.78, 5) is 1.15. The van der Waals surface area contributed by atoms with Crippen molar-refractivity contribution < 1.29 is 30.6 Å². The lowest BCUT2D eigenvalue weighted by Gasteiger charge is -2.46. The minimum Gasteiger partial charge on any atom is -0.395 e. The largest absolute Gasteiger partial charge is 0.395 e. The molecule has 1 fully saturated rings. The third-order valence-corrected chi connectivity index (χ3v) is 2.71. The first-order valence-electron chi connectivity index (χ1n) is 4.74. The third-order valence-electron chi connectivity index (χ3n) is 2.71. The number of hydrogen-bond acceptors (Lipinski definition) is 7. The molecule has 0 spiro atoms. The summed E-state index contributed by atoms with van der Waals surface area (Å²) in [5.41, 5.74) is 0. The van der Waals surface area contributed by atoms with E-state index in [2.05, 4.69) is 0 Å². The highest BCUT2D eigenvalue weighted by Crippen LogP contribution is 2.22. The third kappa shape index (κ3) is 2.28. The van der Waals surface area contributed by atoms with Crippen LogP contribution in [0.4, 0.5) is 0 Å². The van der Waals surface area contributed by atoms with E-state index in [0.717, 1.165) is 4.90 Å². The van der Waals surface area contributed by atoms with Gasteiger partial charge in [-0.3, -0.25) is 4.90 Å². The van der Waals surface area contributed by atoms with Crippen molar-refractivity contribution in [3.63, 3.8) is 0 Å². The monoisotopic (exact) mass is 223 g/mol. The Morgan fingerprint density at radius 2 is 1.47 bits per heavy atom. The maximum absolute atomic E-state index is 9.54. The quantitative estimate of drug-likeness (QED) is 0.288. The first-order valence-corrected chi connectivity index (χ1v) is 4.74. The number of hydrogen-bond donors (Lipinski definition) is 6. The first kappa shape index (κ1) is 12.8. The van der Waals surface area contributed by atoms with Gasteiger partial charge in [0.2, 0.25) is 0 Å². The molecule has 6 N–H and O–H groups in total. The van der Waals surface area contributed by atoms with Crippen LogP contribution in [0.3, 0.4) is 0 Å². The Hall–Kier alpha value is -0.280. The van der Waals surface area contributed by atoms with Gasteiger partial charge in [0.05, 0.1) is 19.3 Å². The normalized spacial score (nSPS) is 43.2. The molecule has 0 saturated carbocycles. The number of likely N-dealkylation sites (tertiary alicyclic amines) is 1. The molecule has 0 radical (unpaired) electrons. The van der Waals surface area contributed by atoms with E-state index in [-0.39, 0.29) is 13.2 Å². The lowest BCUT2D eigenvalue weighted by atomic mass is 9.93. The van der Waals surface area contributed by atoms with Crippen LogP contribution in [0.5, 0.6) is 0 Å². The van der Waals surface area contributed by atoms with E-state index in [4.69, 9.17) is 10.2 Å². The van der Waals surface area contributed by atoms with Gasteiger partial charge in [0.15, 0.2) is 0 Å². The van der Waals surface area contributed by atoms with Gasteiger partial charge in [-0.2, -0.15) is 0 Å². The zero-order valence-corrected chi connectivity index (χ0v) is 8.14. The Bertz CT molecular complexity index is 204. The fourth-order valence-corrected chi connectivity index (χ4v) is 1.82. The second-order valence-electron chi connectivity index (χ2n) is 3.60. The highest BCUT2D eigenvalue weighted by molar-refractivity contribution is 4.96. The van der Waals surface area contributed by atoms with Crippen molar-refractivity contribution in [1.29, 1.82) is 0 Å². The molecule has 7 heteroatoms. The summed E-state index contributed by atoms with van der Waals surface area (Å²) in [6.45, 7) is -0.779. The van der Waals surface area contributed by atoms with Crippen molar-refractivity contribution in [1.82, 2.24) is 4.90 Å². The van der Waals surface area contributed by atoms with E-state index >= 15 is 0 Å². The Balaban J connectivity index is 2.82. The number of rotatable bonds is 3. The van der Waals surface area contributed by atoms with E-state index in [1.807, 2.05) is 0 Å². The topological polar surface area (TPSA) is 125 Å². The number of piperidine rings is 1. The van der Waals surface area contributed by atoms with Crippen LogP contribution in [0, 0.1) is 0 Å². The predicted octanol–water partition coefficient (Wildman–Crippen LogP) is -3.94. The van der Waals surface area contributed by atoms with E-state index < -0.39 is 37.2 Å². The Kier molecular flexibility index (Phi) is 4.41. The van der Waals surface area contributed by atoms with Gasteiger partial charge in [-0.15, -0.1) is 0 Å². The molecule has 1 heterocycles. The average Bonchev–Trinajstić information content (AvgIpc) is 2.24. The summed E-state index contributed by atoms with van der Waals surface area (Å²) in [7, 11) is 0. The summed E-state index contributed by atoms with van der Waals surface area (Å²) in [6.07, 6.45) is -5.80. The van der Waals surface area contributed by atoms with Crippen molar-refractivity contribution in [2.45, 2.75) is 30.6 Å². The van der Waals surface area contributed by atoms with Gasteiger partial charge in [-0.05, 0) is 0 Å². The second kappa shape index (κ2) is 5.17. The van der Waals surface area contributed by atoms with Crippen LogP contribution in [0.15, 0.2) is 0 Å². The van der Waals surface area contributed by atoms with Crippen LogP contribution >= 0.6 is 0 Å². The van der Waals surface area contributed by atoms with Gasteiger partial charge >= 0.3 is 0 Å². The molecule has 0 bridgehead atoms. The maximum atomic E-state index is 9.54. The van der Waals surface area contributed by atoms with Gasteiger partial charge in [0.25, 0.3) is 0 Å². The molecule has 90 valence electrons. The van der Waals surface area contributed by atoms with Crippen molar-refractivity contribution >= 4 is 0 Å². The highest BCUT2D eigenvalue weighted by Gasteiger charge is 2.46. The predicted molar refractivity (Wildman–Crippen MR) is 48.7 cm³/mol. The molecule has 1 rings (SSSR count). The molecule has 1 unspecified atom stereocenters. The first-order chi connectivity index (χ1) is 7.04. The molecule has 7 nitrogen and oxygen atoms in total. The summed E-state index contributed by atoms with van der Waals surface area (Å²) in [6, 6.07) is -0.898. The molecule has 1 saturated heterocycles. The van der Waals surface area contributed by atoms with Crippen LogP contribution < -0.4 is 0 Å². The van der Waals surface area contributed by atoms with E-state index in [1.54, 1.807) is 0 Å². The molecule has 5 atom stereocenters. The maximum Gasteiger partial charge on any atom is 0.136 e. The van der Waals surface area contributed by atoms with Crippen LogP contribution in [0.2, 0.25) is 0 Å². The molecule has 0 aromatic carbocycles.